The summed E-state index contributed by atoms with van der Waals surface area (Å²) in [5.74, 6) is -0.446. The van der Waals surface area contributed by atoms with Crippen molar-refractivity contribution in [2.75, 3.05) is 32.7 Å². The topological polar surface area (TPSA) is 93.5 Å². The summed E-state index contributed by atoms with van der Waals surface area (Å²) >= 11 is 0. The molecule has 0 spiro atoms. The number of rotatable bonds is 6. The van der Waals surface area contributed by atoms with Gasteiger partial charge in [0.25, 0.3) is 0 Å². The SMILES string of the molecule is N#Cc1ccc(CN2CCN(C(=O)CNS(=O)(=O)c3cccc(C(F)(F)F)c3)CC2)cc1. The first kappa shape index (κ1) is 23.7. The third-order valence-corrected chi connectivity index (χ3v) is 6.50. The molecule has 7 nitrogen and oxygen atoms in total. The van der Waals surface area contributed by atoms with Crippen molar-refractivity contribution < 1.29 is 26.4 Å². The molecule has 170 valence electrons. The summed E-state index contributed by atoms with van der Waals surface area (Å²) < 4.78 is 65.2. The number of sulfonamides is 1. The summed E-state index contributed by atoms with van der Waals surface area (Å²) in [6, 6.07) is 12.7. The van der Waals surface area contributed by atoms with Gasteiger partial charge < -0.3 is 4.90 Å². The minimum absolute atomic E-state index is 0.403. The predicted octanol–water partition coefficient (Wildman–Crippen LogP) is 2.20. The molecule has 0 bridgehead atoms. The van der Waals surface area contributed by atoms with Gasteiger partial charge in [0.15, 0.2) is 0 Å². The lowest BCUT2D eigenvalue weighted by Gasteiger charge is -2.34. The monoisotopic (exact) mass is 466 g/mol. The van der Waals surface area contributed by atoms with E-state index in [1.807, 2.05) is 12.1 Å². The Hall–Kier alpha value is -2.94. The molecule has 3 rings (SSSR count). The minimum Gasteiger partial charge on any atom is -0.339 e. The van der Waals surface area contributed by atoms with E-state index in [1.165, 1.54) is 4.90 Å². The van der Waals surface area contributed by atoms with E-state index in [2.05, 4.69) is 15.7 Å². The highest BCUT2D eigenvalue weighted by Crippen LogP contribution is 2.30. The molecule has 1 heterocycles. The molecule has 1 aliphatic heterocycles. The van der Waals surface area contributed by atoms with Crippen molar-refractivity contribution in [2.45, 2.75) is 17.6 Å². The Balaban J connectivity index is 1.51. The Kier molecular flexibility index (Phi) is 7.18. The molecular weight excluding hydrogens is 445 g/mol. The van der Waals surface area contributed by atoms with Gasteiger partial charge in [-0.2, -0.15) is 18.4 Å². The average molecular weight is 466 g/mol. The van der Waals surface area contributed by atoms with Gasteiger partial charge in [-0.1, -0.05) is 18.2 Å². The first-order chi connectivity index (χ1) is 15.1. The number of halogens is 3. The van der Waals surface area contributed by atoms with Gasteiger partial charge in [-0.05, 0) is 35.9 Å². The Bertz CT molecular complexity index is 1100. The van der Waals surface area contributed by atoms with Gasteiger partial charge >= 0.3 is 6.18 Å². The van der Waals surface area contributed by atoms with Crippen molar-refractivity contribution in [3.05, 3.63) is 65.2 Å². The zero-order chi connectivity index (χ0) is 23.4. The zero-order valence-electron chi connectivity index (χ0n) is 17.0. The maximum atomic E-state index is 12.8. The molecule has 2 aromatic carbocycles. The van der Waals surface area contributed by atoms with Gasteiger partial charge in [-0.25, -0.2) is 13.1 Å². The van der Waals surface area contributed by atoms with Crippen molar-refractivity contribution >= 4 is 15.9 Å². The van der Waals surface area contributed by atoms with Crippen LogP contribution in [0.2, 0.25) is 0 Å². The van der Waals surface area contributed by atoms with Crippen molar-refractivity contribution in [1.82, 2.24) is 14.5 Å². The summed E-state index contributed by atoms with van der Waals surface area (Å²) in [6.07, 6.45) is -4.67. The van der Waals surface area contributed by atoms with E-state index in [0.29, 0.717) is 44.4 Å². The van der Waals surface area contributed by atoms with E-state index >= 15 is 0 Å². The number of nitrogens with one attached hydrogen (secondary N) is 1. The van der Waals surface area contributed by atoms with Crippen molar-refractivity contribution in [3.8, 4) is 6.07 Å². The molecule has 0 atom stereocenters. The van der Waals surface area contributed by atoms with Gasteiger partial charge in [0.1, 0.15) is 0 Å². The number of carbonyl (C=O) groups excluding carboxylic acids is 1. The van der Waals surface area contributed by atoms with Crippen LogP contribution in [0.5, 0.6) is 0 Å². The number of alkyl halides is 3. The van der Waals surface area contributed by atoms with Crippen LogP contribution in [0.3, 0.4) is 0 Å². The Morgan fingerprint density at radius 3 is 2.31 bits per heavy atom. The van der Waals surface area contributed by atoms with Crippen LogP contribution in [0, 0.1) is 11.3 Å². The van der Waals surface area contributed by atoms with Crippen LogP contribution >= 0.6 is 0 Å². The molecule has 0 unspecified atom stereocenters. The Morgan fingerprint density at radius 2 is 1.72 bits per heavy atom. The highest BCUT2D eigenvalue weighted by Gasteiger charge is 2.32. The van der Waals surface area contributed by atoms with Gasteiger partial charge in [-0.3, -0.25) is 9.69 Å². The fourth-order valence-electron chi connectivity index (χ4n) is 3.29. The first-order valence-electron chi connectivity index (χ1n) is 9.74. The van der Waals surface area contributed by atoms with Gasteiger partial charge in [0.05, 0.1) is 28.6 Å². The van der Waals surface area contributed by atoms with Crippen molar-refractivity contribution in [2.24, 2.45) is 0 Å². The van der Waals surface area contributed by atoms with Crippen LogP contribution in [-0.2, 0) is 27.5 Å². The molecular formula is C21H21F3N4O3S. The van der Waals surface area contributed by atoms with Crippen LogP contribution < -0.4 is 4.72 Å². The lowest BCUT2D eigenvalue weighted by atomic mass is 10.1. The summed E-state index contributed by atoms with van der Waals surface area (Å²) in [5.41, 5.74) is 0.541. The number of benzene rings is 2. The normalized spacial score (nSPS) is 15.4. The highest BCUT2D eigenvalue weighted by atomic mass is 32.2. The van der Waals surface area contributed by atoms with E-state index in [9.17, 15) is 26.4 Å². The fourth-order valence-corrected chi connectivity index (χ4v) is 4.31. The fraction of sp³-hybridized carbons (Fsp3) is 0.333. The number of piperazine rings is 1. The van der Waals surface area contributed by atoms with Crippen molar-refractivity contribution in [1.29, 1.82) is 5.26 Å². The number of nitriles is 1. The molecule has 1 N–H and O–H groups in total. The predicted molar refractivity (Wildman–Crippen MR) is 110 cm³/mol. The largest absolute Gasteiger partial charge is 0.416 e. The van der Waals surface area contributed by atoms with Gasteiger partial charge in [0, 0.05) is 32.7 Å². The summed E-state index contributed by atoms with van der Waals surface area (Å²) in [4.78, 5) is 15.5. The molecule has 1 aliphatic rings. The minimum atomic E-state index is -4.67. The van der Waals surface area contributed by atoms with Crippen LogP contribution in [0.25, 0.3) is 0 Å². The third kappa shape index (κ3) is 6.06. The maximum absolute atomic E-state index is 12.8. The van der Waals surface area contributed by atoms with Gasteiger partial charge in [0.2, 0.25) is 15.9 Å². The first-order valence-corrected chi connectivity index (χ1v) is 11.2. The van der Waals surface area contributed by atoms with Gasteiger partial charge in [-0.15, -0.1) is 0 Å². The summed E-state index contributed by atoms with van der Waals surface area (Å²) in [5, 5.41) is 8.85. The molecule has 2 aromatic rings. The molecule has 0 radical (unpaired) electrons. The smallest absolute Gasteiger partial charge is 0.339 e. The summed E-state index contributed by atoms with van der Waals surface area (Å²) in [6.45, 7) is 2.11. The third-order valence-electron chi connectivity index (χ3n) is 5.10. The molecule has 0 saturated carbocycles. The van der Waals surface area contributed by atoms with E-state index in [0.717, 1.165) is 23.8 Å². The second kappa shape index (κ2) is 9.68. The number of hydrogen-bond acceptors (Lipinski definition) is 5. The molecule has 11 heteroatoms. The van der Waals surface area contributed by atoms with Crippen LogP contribution in [-0.4, -0.2) is 56.8 Å². The second-order valence-corrected chi connectivity index (χ2v) is 9.08. The van der Waals surface area contributed by atoms with Crippen LogP contribution in [0.1, 0.15) is 16.7 Å². The average Bonchev–Trinajstić information content (AvgIpc) is 2.78. The number of amides is 1. The van der Waals surface area contributed by atoms with Crippen molar-refractivity contribution in [3.63, 3.8) is 0 Å². The molecule has 0 aromatic heterocycles. The number of nitrogens with zero attached hydrogens (tertiary/aromatic N) is 3. The lowest BCUT2D eigenvalue weighted by molar-refractivity contribution is -0.137. The van der Waals surface area contributed by atoms with Crippen LogP contribution in [0.4, 0.5) is 13.2 Å². The Morgan fingerprint density at radius 1 is 1.06 bits per heavy atom. The van der Waals surface area contributed by atoms with Crippen LogP contribution in [0.15, 0.2) is 53.4 Å². The molecule has 1 saturated heterocycles. The molecule has 1 amide bonds. The standard InChI is InChI=1S/C21H21F3N4O3S/c22-21(23,24)18-2-1-3-19(12-18)32(30,31)26-14-20(29)28-10-8-27(9-11-28)15-17-6-4-16(13-25)5-7-17/h1-7,12,26H,8-11,14-15H2. The second-order valence-electron chi connectivity index (χ2n) is 7.32. The number of hydrogen-bond donors (Lipinski definition) is 1. The summed E-state index contributed by atoms with van der Waals surface area (Å²) in [7, 11) is -4.26. The zero-order valence-corrected chi connectivity index (χ0v) is 17.8. The molecule has 0 aliphatic carbocycles. The van der Waals surface area contributed by atoms with E-state index < -0.39 is 39.1 Å². The van der Waals surface area contributed by atoms with E-state index in [4.69, 9.17) is 5.26 Å². The van der Waals surface area contributed by atoms with E-state index in [-0.39, 0.29) is 0 Å². The molecule has 32 heavy (non-hydrogen) atoms. The molecule has 1 fully saturated rings. The highest BCUT2D eigenvalue weighted by molar-refractivity contribution is 7.89. The quantitative estimate of drug-likeness (QED) is 0.705. The van der Waals surface area contributed by atoms with E-state index in [1.54, 1.807) is 12.1 Å². The Labute approximate surface area is 184 Å². The lowest BCUT2D eigenvalue weighted by Crippen LogP contribution is -2.50. The number of carbonyl (C=O) groups is 1. The maximum Gasteiger partial charge on any atom is 0.416 e.